The molecule has 0 bridgehead atoms. The highest BCUT2D eigenvalue weighted by molar-refractivity contribution is 5.92. The number of nitrogens with zero attached hydrogens (tertiary/aromatic N) is 3. The smallest absolute Gasteiger partial charge is 0.271 e. The lowest BCUT2D eigenvalue weighted by molar-refractivity contribution is -0.150. The summed E-state index contributed by atoms with van der Waals surface area (Å²) in [7, 11) is 0. The first-order valence-corrected chi connectivity index (χ1v) is 12.4. The normalized spacial score (nSPS) is 36.1. The van der Waals surface area contributed by atoms with Gasteiger partial charge in [-0.3, -0.25) is 14.6 Å². The van der Waals surface area contributed by atoms with Gasteiger partial charge in [0.15, 0.2) is 0 Å². The van der Waals surface area contributed by atoms with Crippen LogP contribution in [-0.4, -0.2) is 57.0 Å². The van der Waals surface area contributed by atoms with E-state index >= 15 is 0 Å². The number of carbonyl (C=O) groups is 2. The summed E-state index contributed by atoms with van der Waals surface area (Å²) in [6, 6.07) is -0.0240. The van der Waals surface area contributed by atoms with Crippen molar-refractivity contribution in [3.63, 3.8) is 0 Å². The predicted octanol–water partition coefficient (Wildman–Crippen LogP) is 3.05. The summed E-state index contributed by atoms with van der Waals surface area (Å²) in [6.45, 7) is 8.13. The van der Waals surface area contributed by atoms with E-state index in [1.54, 1.807) is 6.20 Å². The summed E-state index contributed by atoms with van der Waals surface area (Å²) in [4.78, 5) is 36.0. The molecule has 7 heteroatoms. The molecule has 2 saturated carbocycles. The minimum Gasteiger partial charge on any atom is -0.392 e. The molecule has 3 fully saturated rings. The van der Waals surface area contributed by atoms with E-state index in [2.05, 4.69) is 29.1 Å². The average Bonchev–Trinajstić information content (AvgIpc) is 2.81. The maximum absolute atomic E-state index is 13.2. The molecule has 4 rings (SSSR count). The highest BCUT2D eigenvalue weighted by Gasteiger charge is 2.54. The molecule has 0 aromatic carbocycles. The van der Waals surface area contributed by atoms with Gasteiger partial charge in [-0.25, -0.2) is 4.98 Å². The Morgan fingerprint density at radius 2 is 1.91 bits per heavy atom. The molecule has 2 amide bonds. The van der Waals surface area contributed by atoms with Crippen molar-refractivity contribution in [2.24, 2.45) is 29.1 Å². The van der Waals surface area contributed by atoms with Gasteiger partial charge in [-0.2, -0.15) is 0 Å². The van der Waals surface area contributed by atoms with Gasteiger partial charge in [0.05, 0.1) is 12.3 Å². The molecular weight excluding hydrogens is 404 g/mol. The second-order valence-electron chi connectivity index (χ2n) is 10.6. The lowest BCUT2D eigenvalue weighted by Crippen LogP contribution is -2.58. The average molecular weight is 443 g/mol. The van der Waals surface area contributed by atoms with Gasteiger partial charge >= 0.3 is 0 Å². The maximum Gasteiger partial charge on any atom is 0.271 e. The van der Waals surface area contributed by atoms with Crippen LogP contribution in [-0.2, 0) is 4.79 Å². The molecule has 0 spiro atoms. The van der Waals surface area contributed by atoms with Crippen LogP contribution < -0.4 is 5.32 Å². The standard InChI is InChI=1S/C25H38N4O3/c1-16(24(32)29-13-5-4-6-14-29)18-7-9-25(3)10-8-19(17(2)21(25)22(18)30)28-23(31)20-15-26-11-12-27-20/h11-12,15-19,21-22,30H,4-10,13-14H2,1-3H3,(H,28,31)/t16-,17+,18?,19-,21+,22-,25-/m0/s1. The third-order valence-corrected chi connectivity index (χ3v) is 8.70. The molecule has 1 unspecified atom stereocenters. The number of carbonyl (C=O) groups excluding carboxylic acids is 2. The van der Waals surface area contributed by atoms with Crippen LogP contribution in [0, 0.1) is 29.1 Å². The van der Waals surface area contributed by atoms with E-state index in [1.165, 1.54) is 18.8 Å². The Morgan fingerprint density at radius 1 is 1.19 bits per heavy atom. The number of hydrogen-bond acceptors (Lipinski definition) is 5. The van der Waals surface area contributed by atoms with Crippen molar-refractivity contribution >= 4 is 11.8 Å². The number of rotatable bonds is 4. The monoisotopic (exact) mass is 442 g/mol. The quantitative estimate of drug-likeness (QED) is 0.747. The summed E-state index contributed by atoms with van der Waals surface area (Å²) in [5.74, 6) is -0.0422. The van der Waals surface area contributed by atoms with Crippen molar-refractivity contribution in [1.82, 2.24) is 20.2 Å². The number of aromatic nitrogens is 2. The Kier molecular flexibility index (Phi) is 6.84. The molecule has 1 aromatic rings. The zero-order valence-electron chi connectivity index (χ0n) is 19.7. The molecule has 7 atom stereocenters. The number of nitrogens with one attached hydrogen (secondary N) is 1. The summed E-state index contributed by atoms with van der Waals surface area (Å²) in [5, 5.41) is 14.7. The Hall–Kier alpha value is -2.02. The fourth-order valence-corrected chi connectivity index (χ4v) is 6.74. The van der Waals surface area contributed by atoms with Crippen molar-refractivity contribution in [3.8, 4) is 0 Å². The number of aliphatic hydroxyl groups is 1. The Bertz CT molecular complexity index is 813. The van der Waals surface area contributed by atoms with Crippen LogP contribution in [0.15, 0.2) is 18.6 Å². The first kappa shape index (κ1) is 23.1. The van der Waals surface area contributed by atoms with Gasteiger partial charge in [-0.1, -0.05) is 20.8 Å². The van der Waals surface area contributed by atoms with Gasteiger partial charge in [0, 0.05) is 37.4 Å². The van der Waals surface area contributed by atoms with Crippen LogP contribution in [0.2, 0.25) is 0 Å². The minimum absolute atomic E-state index is 0.0240. The van der Waals surface area contributed by atoms with Crippen LogP contribution in [0.3, 0.4) is 0 Å². The van der Waals surface area contributed by atoms with Crippen molar-refractivity contribution in [2.45, 2.75) is 77.9 Å². The fourth-order valence-electron chi connectivity index (χ4n) is 6.74. The van der Waals surface area contributed by atoms with Crippen LogP contribution in [0.1, 0.15) is 76.2 Å². The van der Waals surface area contributed by atoms with Crippen molar-refractivity contribution < 1.29 is 14.7 Å². The Balaban J connectivity index is 1.47. The summed E-state index contributed by atoms with van der Waals surface area (Å²) in [6.07, 6.45) is 11.1. The van der Waals surface area contributed by atoms with Crippen molar-refractivity contribution in [3.05, 3.63) is 24.3 Å². The van der Waals surface area contributed by atoms with Crippen LogP contribution in [0.25, 0.3) is 0 Å². The molecule has 0 radical (unpaired) electrons. The van der Waals surface area contributed by atoms with Gasteiger partial charge in [0.25, 0.3) is 5.91 Å². The van der Waals surface area contributed by atoms with Gasteiger partial charge in [-0.05, 0) is 68.1 Å². The number of hydrogen-bond donors (Lipinski definition) is 2. The predicted molar refractivity (Wildman–Crippen MR) is 122 cm³/mol. The summed E-state index contributed by atoms with van der Waals surface area (Å²) >= 11 is 0. The highest BCUT2D eigenvalue weighted by Crippen LogP contribution is 2.55. The first-order valence-electron chi connectivity index (χ1n) is 12.4. The fraction of sp³-hybridized carbons (Fsp3) is 0.760. The first-order chi connectivity index (χ1) is 15.3. The third kappa shape index (κ3) is 4.41. The molecule has 2 heterocycles. The Labute approximate surface area is 191 Å². The molecule has 1 saturated heterocycles. The van der Waals surface area contributed by atoms with E-state index in [4.69, 9.17) is 0 Å². The minimum atomic E-state index is -0.538. The number of likely N-dealkylation sites (tertiary alicyclic amines) is 1. The largest absolute Gasteiger partial charge is 0.392 e. The third-order valence-electron chi connectivity index (χ3n) is 8.70. The van der Waals surface area contributed by atoms with Gasteiger partial charge in [0.1, 0.15) is 5.69 Å². The molecule has 176 valence electrons. The molecule has 7 nitrogen and oxygen atoms in total. The van der Waals surface area contributed by atoms with E-state index in [9.17, 15) is 14.7 Å². The van der Waals surface area contributed by atoms with Gasteiger partial charge < -0.3 is 15.3 Å². The summed E-state index contributed by atoms with van der Waals surface area (Å²) < 4.78 is 0. The van der Waals surface area contributed by atoms with Crippen molar-refractivity contribution in [2.75, 3.05) is 13.1 Å². The Morgan fingerprint density at radius 3 is 2.59 bits per heavy atom. The maximum atomic E-state index is 13.2. The zero-order chi connectivity index (χ0) is 22.9. The van der Waals surface area contributed by atoms with Gasteiger partial charge in [-0.15, -0.1) is 0 Å². The van der Waals surface area contributed by atoms with Crippen LogP contribution in [0.4, 0.5) is 0 Å². The molecule has 3 aliphatic rings. The van der Waals surface area contributed by atoms with Gasteiger partial charge in [0.2, 0.25) is 5.91 Å². The van der Waals surface area contributed by atoms with E-state index in [-0.39, 0.29) is 46.9 Å². The second-order valence-corrected chi connectivity index (χ2v) is 10.6. The SMILES string of the molecule is C[C@H]1[C@@H]2[C@@H](O)C([C@H](C)C(=O)N3CCCCC3)CC[C@@]2(C)CC[C@@H]1NC(=O)c1cnccn1. The second kappa shape index (κ2) is 9.46. The van der Waals surface area contributed by atoms with Crippen LogP contribution in [0.5, 0.6) is 0 Å². The summed E-state index contributed by atoms with van der Waals surface area (Å²) in [5.41, 5.74) is 0.354. The number of aliphatic hydroxyl groups excluding tert-OH is 1. The topological polar surface area (TPSA) is 95.4 Å². The number of amides is 2. The van der Waals surface area contributed by atoms with E-state index < -0.39 is 6.10 Å². The van der Waals surface area contributed by atoms with E-state index in [0.29, 0.717) is 5.69 Å². The molecule has 2 N–H and O–H groups in total. The lowest BCUT2D eigenvalue weighted by Gasteiger charge is -2.56. The molecule has 1 aromatic heterocycles. The van der Waals surface area contributed by atoms with E-state index in [1.807, 2.05) is 11.8 Å². The highest BCUT2D eigenvalue weighted by atomic mass is 16.3. The molecule has 32 heavy (non-hydrogen) atoms. The number of piperidine rings is 1. The lowest BCUT2D eigenvalue weighted by atomic mass is 9.51. The zero-order valence-corrected chi connectivity index (χ0v) is 19.7. The molecular formula is C25H38N4O3. The van der Waals surface area contributed by atoms with Crippen LogP contribution >= 0.6 is 0 Å². The van der Waals surface area contributed by atoms with E-state index in [0.717, 1.165) is 51.6 Å². The molecule has 2 aliphatic carbocycles. The van der Waals surface area contributed by atoms with Crippen molar-refractivity contribution in [1.29, 1.82) is 0 Å². The number of fused-ring (bicyclic) bond motifs is 1. The molecule has 1 aliphatic heterocycles.